The summed E-state index contributed by atoms with van der Waals surface area (Å²) in [5.41, 5.74) is 0. The summed E-state index contributed by atoms with van der Waals surface area (Å²) in [6.45, 7) is 2.21. The molecule has 0 aromatic carbocycles. The van der Waals surface area contributed by atoms with E-state index in [0.29, 0.717) is 5.75 Å². The number of unbranched alkanes of at least 4 members (excludes halogenated alkanes) is 4. The van der Waals surface area contributed by atoms with E-state index in [9.17, 15) is 4.21 Å². The highest BCUT2D eigenvalue weighted by Gasteiger charge is 1.90. The minimum atomic E-state index is -1.12. The van der Waals surface area contributed by atoms with E-state index >= 15 is 0 Å². The van der Waals surface area contributed by atoms with Crippen molar-refractivity contribution in [2.75, 3.05) is 12.9 Å². The summed E-state index contributed by atoms with van der Waals surface area (Å²) >= 11 is -1.12. The highest BCUT2D eigenvalue weighted by atomic mass is 32.2. The van der Waals surface area contributed by atoms with Gasteiger partial charge in [-0.2, -0.15) is 0 Å². The molecule has 0 radical (unpaired) electrons. The van der Waals surface area contributed by atoms with Gasteiger partial charge in [0.05, 0.1) is 12.9 Å². The van der Waals surface area contributed by atoms with Gasteiger partial charge < -0.3 is 0 Å². The largest absolute Gasteiger partial charge is 0.294 e. The van der Waals surface area contributed by atoms with E-state index in [-0.39, 0.29) is 0 Å². The molecular weight excluding hydrogens is 184 g/mol. The molecule has 0 rings (SSSR count). The molecular formula is C10H20O2S. The lowest BCUT2D eigenvalue weighted by Gasteiger charge is -1.94. The van der Waals surface area contributed by atoms with Crippen LogP contribution in [0.1, 0.15) is 39.0 Å². The number of allylic oxidation sites excluding steroid dienone is 1. The first kappa shape index (κ1) is 12.8. The predicted molar refractivity (Wildman–Crippen MR) is 57.9 cm³/mol. The van der Waals surface area contributed by atoms with Crippen molar-refractivity contribution in [2.24, 2.45) is 0 Å². The summed E-state index contributed by atoms with van der Waals surface area (Å²) in [7, 11) is 1.46. The molecule has 0 bridgehead atoms. The fraction of sp³-hybridized carbons (Fsp3) is 0.800. The van der Waals surface area contributed by atoms with Crippen LogP contribution in [0.2, 0.25) is 0 Å². The second-order valence-corrected chi connectivity index (χ2v) is 4.23. The highest BCUT2D eigenvalue weighted by Crippen LogP contribution is 2.02. The zero-order valence-corrected chi connectivity index (χ0v) is 9.44. The van der Waals surface area contributed by atoms with E-state index in [1.807, 2.05) is 6.08 Å². The standard InChI is InChI=1S/C10H20O2S/c1-3-4-5-6-7-8-9-10-13(11)12-2/h8-9H,3-7,10H2,1-2H3/b9-8+. The number of hydrogen-bond donors (Lipinski definition) is 0. The summed E-state index contributed by atoms with van der Waals surface area (Å²) in [5, 5.41) is 0. The Hall–Kier alpha value is -0.150. The van der Waals surface area contributed by atoms with Gasteiger partial charge in [0.1, 0.15) is 0 Å². The van der Waals surface area contributed by atoms with E-state index in [1.165, 1.54) is 32.8 Å². The fourth-order valence-electron chi connectivity index (χ4n) is 1.02. The van der Waals surface area contributed by atoms with Crippen LogP contribution in [0.4, 0.5) is 0 Å². The van der Waals surface area contributed by atoms with E-state index < -0.39 is 11.1 Å². The van der Waals surface area contributed by atoms with Gasteiger partial charge in [-0.15, -0.1) is 0 Å². The normalized spacial score (nSPS) is 13.7. The van der Waals surface area contributed by atoms with E-state index in [4.69, 9.17) is 0 Å². The summed E-state index contributed by atoms with van der Waals surface area (Å²) in [5.74, 6) is 0.518. The van der Waals surface area contributed by atoms with Crippen molar-refractivity contribution in [3.05, 3.63) is 12.2 Å². The maximum atomic E-state index is 10.8. The SMILES string of the molecule is CCCCCC/C=C/CS(=O)OC. The Morgan fingerprint density at radius 3 is 2.62 bits per heavy atom. The quantitative estimate of drug-likeness (QED) is 0.449. The zero-order valence-electron chi connectivity index (χ0n) is 8.62. The van der Waals surface area contributed by atoms with Crippen LogP contribution in [0, 0.1) is 0 Å². The molecule has 0 aromatic rings. The van der Waals surface area contributed by atoms with Crippen LogP contribution in [0.5, 0.6) is 0 Å². The molecule has 0 fully saturated rings. The van der Waals surface area contributed by atoms with Crippen LogP contribution in [-0.4, -0.2) is 17.1 Å². The molecule has 0 aliphatic rings. The zero-order chi connectivity index (χ0) is 9.94. The van der Waals surface area contributed by atoms with E-state index in [0.717, 1.165) is 6.42 Å². The Morgan fingerprint density at radius 2 is 2.00 bits per heavy atom. The van der Waals surface area contributed by atoms with Crippen molar-refractivity contribution in [2.45, 2.75) is 39.0 Å². The van der Waals surface area contributed by atoms with E-state index in [2.05, 4.69) is 17.2 Å². The van der Waals surface area contributed by atoms with E-state index in [1.54, 1.807) is 0 Å². The van der Waals surface area contributed by atoms with Crippen molar-refractivity contribution >= 4 is 11.1 Å². The minimum absolute atomic E-state index is 0.518. The Bertz CT molecular complexity index is 155. The van der Waals surface area contributed by atoms with Gasteiger partial charge in [-0.05, 0) is 12.8 Å². The topological polar surface area (TPSA) is 26.3 Å². The van der Waals surface area contributed by atoms with Crippen LogP contribution < -0.4 is 0 Å². The molecule has 78 valence electrons. The molecule has 0 saturated carbocycles. The summed E-state index contributed by atoms with van der Waals surface area (Å²) < 4.78 is 15.4. The van der Waals surface area contributed by atoms with Crippen LogP contribution in [0.15, 0.2) is 12.2 Å². The summed E-state index contributed by atoms with van der Waals surface area (Å²) in [4.78, 5) is 0. The molecule has 0 aliphatic heterocycles. The van der Waals surface area contributed by atoms with Crippen molar-refractivity contribution in [1.29, 1.82) is 0 Å². The smallest absolute Gasteiger partial charge is 0.159 e. The van der Waals surface area contributed by atoms with Gasteiger partial charge in [-0.3, -0.25) is 4.18 Å². The van der Waals surface area contributed by atoms with Crippen molar-refractivity contribution in [3.63, 3.8) is 0 Å². The lowest BCUT2D eigenvalue weighted by molar-refractivity contribution is 0.448. The molecule has 3 heteroatoms. The third-order valence-electron chi connectivity index (χ3n) is 1.81. The van der Waals surface area contributed by atoms with Crippen LogP contribution in [-0.2, 0) is 15.3 Å². The Balaban J connectivity index is 3.17. The molecule has 0 saturated heterocycles. The molecule has 0 aliphatic carbocycles. The molecule has 1 atom stereocenters. The first-order valence-corrected chi connectivity index (χ1v) is 6.13. The Kier molecular flexibility index (Phi) is 9.82. The average molecular weight is 204 g/mol. The van der Waals surface area contributed by atoms with Crippen LogP contribution >= 0.6 is 0 Å². The Labute approximate surface area is 84.0 Å². The van der Waals surface area contributed by atoms with Crippen LogP contribution in [0.25, 0.3) is 0 Å². The summed E-state index contributed by atoms with van der Waals surface area (Å²) in [6, 6.07) is 0. The first-order valence-electron chi connectivity index (χ1n) is 4.89. The molecule has 2 nitrogen and oxygen atoms in total. The second-order valence-electron chi connectivity index (χ2n) is 2.96. The van der Waals surface area contributed by atoms with Crippen molar-refractivity contribution < 1.29 is 8.39 Å². The molecule has 1 unspecified atom stereocenters. The summed E-state index contributed by atoms with van der Waals surface area (Å²) in [6.07, 6.45) is 10.3. The lowest BCUT2D eigenvalue weighted by atomic mass is 10.1. The average Bonchev–Trinajstić information content (AvgIpc) is 2.16. The third kappa shape index (κ3) is 9.77. The van der Waals surface area contributed by atoms with Gasteiger partial charge in [0.25, 0.3) is 0 Å². The predicted octanol–water partition coefficient (Wildman–Crippen LogP) is 2.82. The molecule has 13 heavy (non-hydrogen) atoms. The first-order chi connectivity index (χ1) is 6.31. The van der Waals surface area contributed by atoms with Gasteiger partial charge in [0.2, 0.25) is 0 Å². The maximum absolute atomic E-state index is 10.8. The minimum Gasteiger partial charge on any atom is -0.294 e. The molecule has 0 spiro atoms. The molecule has 0 aromatic heterocycles. The molecule has 0 amide bonds. The highest BCUT2D eigenvalue weighted by molar-refractivity contribution is 7.80. The molecule has 0 N–H and O–H groups in total. The second kappa shape index (κ2) is 9.93. The number of hydrogen-bond acceptors (Lipinski definition) is 2. The monoisotopic (exact) mass is 204 g/mol. The van der Waals surface area contributed by atoms with Gasteiger partial charge >= 0.3 is 0 Å². The van der Waals surface area contributed by atoms with Gasteiger partial charge in [-0.1, -0.05) is 38.3 Å². The maximum Gasteiger partial charge on any atom is 0.159 e. The van der Waals surface area contributed by atoms with Gasteiger partial charge in [-0.25, -0.2) is 4.21 Å². The number of rotatable bonds is 8. The van der Waals surface area contributed by atoms with Crippen LogP contribution in [0.3, 0.4) is 0 Å². The third-order valence-corrected chi connectivity index (χ3v) is 2.65. The fourth-order valence-corrected chi connectivity index (χ4v) is 1.45. The van der Waals surface area contributed by atoms with Crippen molar-refractivity contribution in [3.8, 4) is 0 Å². The molecule has 0 heterocycles. The lowest BCUT2D eigenvalue weighted by Crippen LogP contribution is -1.94. The Morgan fingerprint density at radius 1 is 1.23 bits per heavy atom. The van der Waals surface area contributed by atoms with Gasteiger partial charge in [0, 0.05) is 0 Å². The van der Waals surface area contributed by atoms with Gasteiger partial charge in [0.15, 0.2) is 11.1 Å². The van der Waals surface area contributed by atoms with Crippen molar-refractivity contribution in [1.82, 2.24) is 0 Å².